The molecular formula is C54H61NO8. The molecule has 6 aliphatic carbocycles. The van der Waals surface area contributed by atoms with Gasteiger partial charge in [-0.3, -0.25) is 9.59 Å². The number of allylic oxidation sites excluding steroid dienone is 4. The number of rotatable bonds is 13. The number of aliphatic hydroxyl groups is 2. The van der Waals surface area contributed by atoms with Crippen LogP contribution in [0, 0.1) is 33.5 Å². The SMILES string of the molecule is COc1ccc(CN(CC2(O)CCC3C45C=CC6(C=C4C(=O)c4ccc(-c7ccccc7)cc4)CC(O)CCC6(C)C5CCC32C)C(=O)Cc2ccc(OC)c(OC)c2)c(OC)c1. The van der Waals surface area contributed by atoms with E-state index in [1.807, 2.05) is 72.8 Å². The van der Waals surface area contributed by atoms with Crippen molar-refractivity contribution in [2.75, 3.05) is 35.0 Å². The van der Waals surface area contributed by atoms with E-state index < -0.39 is 27.9 Å². The molecule has 1 amide bonds. The highest BCUT2D eigenvalue weighted by atomic mass is 16.5. The minimum absolute atomic E-state index is 0.0171. The molecule has 3 saturated carbocycles. The number of nitrogens with zero attached hydrogens (tertiary/aromatic N) is 1. The maximum absolute atomic E-state index is 15.3. The topological polar surface area (TPSA) is 115 Å². The molecular weight excluding hydrogens is 791 g/mol. The largest absolute Gasteiger partial charge is 0.497 e. The van der Waals surface area contributed by atoms with Crippen molar-refractivity contribution < 1.29 is 38.7 Å². The van der Waals surface area contributed by atoms with Gasteiger partial charge in [-0.2, -0.15) is 0 Å². The number of amides is 1. The molecule has 0 radical (unpaired) electrons. The third kappa shape index (κ3) is 6.71. The smallest absolute Gasteiger partial charge is 0.227 e. The highest BCUT2D eigenvalue weighted by molar-refractivity contribution is 6.10. The van der Waals surface area contributed by atoms with E-state index in [-0.39, 0.29) is 48.5 Å². The first-order valence-electron chi connectivity index (χ1n) is 22.5. The van der Waals surface area contributed by atoms with E-state index >= 15 is 4.79 Å². The van der Waals surface area contributed by atoms with Crippen molar-refractivity contribution >= 4 is 11.7 Å². The van der Waals surface area contributed by atoms with Gasteiger partial charge in [0.05, 0.1) is 53.1 Å². The fourth-order valence-electron chi connectivity index (χ4n) is 13.2. The van der Waals surface area contributed by atoms with Crippen LogP contribution in [0.2, 0.25) is 0 Å². The Morgan fingerprint density at radius 3 is 2.11 bits per heavy atom. The minimum atomic E-state index is -1.28. The van der Waals surface area contributed by atoms with Crippen LogP contribution in [0.5, 0.6) is 23.0 Å². The summed E-state index contributed by atoms with van der Waals surface area (Å²) in [5.41, 5.74) is 1.96. The van der Waals surface area contributed by atoms with Crippen LogP contribution in [0.15, 0.2) is 115 Å². The number of benzene rings is 4. The molecule has 330 valence electrons. The van der Waals surface area contributed by atoms with E-state index in [2.05, 4.69) is 44.2 Å². The van der Waals surface area contributed by atoms with Gasteiger partial charge < -0.3 is 34.1 Å². The zero-order valence-electron chi connectivity index (χ0n) is 37.5. The van der Waals surface area contributed by atoms with Gasteiger partial charge in [0.2, 0.25) is 5.91 Å². The van der Waals surface area contributed by atoms with Gasteiger partial charge in [-0.25, -0.2) is 0 Å². The number of aliphatic hydroxyl groups excluding tert-OH is 1. The monoisotopic (exact) mass is 851 g/mol. The fraction of sp³-hybridized carbons (Fsp3) is 0.444. The average molecular weight is 852 g/mol. The first kappa shape index (κ1) is 42.9. The van der Waals surface area contributed by atoms with Crippen molar-refractivity contribution in [3.05, 3.63) is 131 Å². The van der Waals surface area contributed by atoms with Gasteiger partial charge in [0.25, 0.3) is 0 Å². The second-order valence-corrected chi connectivity index (χ2v) is 19.4. The summed E-state index contributed by atoms with van der Waals surface area (Å²) < 4.78 is 22.4. The third-order valence-electron chi connectivity index (χ3n) is 16.7. The van der Waals surface area contributed by atoms with E-state index in [1.54, 1.807) is 39.4 Å². The van der Waals surface area contributed by atoms with Gasteiger partial charge in [-0.05, 0) is 103 Å². The number of hydrogen-bond acceptors (Lipinski definition) is 8. The predicted octanol–water partition coefficient (Wildman–Crippen LogP) is 9.43. The third-order valence-corrected chi connectivity index (χ3v) is 16.7. The normalized spacial score (nSPS) is 31.2. The molecule has 6 aliphatic rings. The summed E-state index contributed by atoms with van der Waals surface area (Å²) in [6, 6.07) is 29.3. The number of Topliss-reactive ketones (excluding diaryl/α,β-unsaturated/α-hetero) is 1. The van der Waals surface area contributed by atoms with Crippen LogP contribution in [-0.2, 0) is 17.8 Å². The standard InChI is InChI=1S/C54H61NO8/c1-50-23-20-40(56)31-52(50)26-27-54(42(32-52)49(58)38-15-13-37(14-16-38)36-10-8-7-9-11-36)46(50)21-24-51(2)47(54)22-25-53(51,59)34-55(33-39-17-18-41(60-3)30-44(39)62-5)48(57)29-35-12-19-43(61-4)45(28-35)63-6/h7-19,26-28,30,32,40,46-47,56,59H,20-25,29,31,33-34H2,1-6H3. The van der Waals surface area contributed by atoms with Gasteiger partial charge in [-0.15, -0.1) is 0 Å². The summed E-state index contributed by atoms with van der Waals surface area (Å²) in [5, 5.41) is 24.7. The van der Waals surface area contributed by atoms with Crippen molar-refractivity contribution in [3.63, 3.8) is 0 Å². The Hall–Kier alpha value is -5.38. The van der Waals surface area contributed by atoms with Crippen LogP contribution >= 0.6 is 0 Å². The molecule has 8 atom stereocenters. The van der Waals surface area contributed by atoms with Crippen LogP contribution in [0.3, 0.4) is 0 Å². The first-order chi connectivity index (χ1) is 30.3. The van der Waals surface area contributed by atoms with Gasteiger partial charge in [0.1, 0.15) is 11.5 Å². The second-order valence-electron chi connectivity index (χ2n) is 19.4. The van der Waals surface area contributed by atoms with Gasteiger partial charge in [0, 0.05) is 45.6 Å². The maximum Gasteiger partial charge on any atom is 0.227 e. The van der Waals surface area contributed by atoms with Crippen molar-refractivity contribution in [1.29, 1.82) is 0 Å². The molecule has 63 heavy (non-hydrogen) atoms. The molecule has 3 fully saturated rings. The molecule has 2 N–H and O–H groups in total. The lowest BCUT2D eigenvalue weighted by atomic mass is 9.32. The number of fused-ring (bicyclic) bond motifs is 1. The highest BCUT2D eigenvalue weighted by Crippen LogP contribution is 2.78. The highest BCUT2D eigenvalue weighted by Gasteiger charge is 2.74. The molecule has 4 aromatic rings. The number of carbonyl (C=O) groups excluding carboxylic acids is 2. The summed E-state index contributed by atoms with van der Waals surface area (Å²) >= 11 is 0. The van der Waals surface area contributed by atoms with E-state index in [0.29, 0.717) is 47.8 Å². The number of methoxy groups -OCH3 is 4. The quantitative estimate of drug-likeness (QED) is 0.101. The molecule has 9 heteroatoms. The molecule has 4 aromatic carbocycles. The minimum Gasteiger partial charge on any atom is -0.497 e. The van der Waals surface area contributed by atoms with Gasteiger partial charge in [0.15, 0.2) is 17.3 Å². The van der Waals surface area contributed by atoms with Gasteiger partial charge in [-0.1, -0.05) is 92.7 Å². The maximum atomic E-state index is 15.3. The van der Waals surface area contributed by atoms with Crippen LogP contribution < -0.4 is 18.9 Å². The number of ketones is 1. The number of ether oxygens (including phenoxy) is 4. The molecule has 2 spiro atoms. The Morgan fingerprint density at radius 1 is 0.714 bits per heavy atom. The fourth-order valence-corrected chi connectivity index (χ4v) is 13.2. The Kier molecular flexibility index (Phi) is 10.9. The summed E-state index contributed by atoms with van der Waals surface area (Å²) in [4.78, 5) is 31.9. The zero-order valence-corrected chi connectivity index (χ0v) is 37.5. The summed E-state index contributed by atoms with van der Waals surface area (Å²) in [6.45, 7) is 4.93. The lowest BCUT2D eigenvalue weighted by Crippen LogP contribution is -2.67. The van der Waals surface area contributed by atoms with Crippen molar-refractivity contribution in [3.8, 4) is 34.1 Å². The van der Waals surface area contributed by atoms with E-state index in [1.165, 1.54) is 0 Å². The summed E-state index contributed by atoms with van der Waals surface area (Å²) in [6.07, 6.45) is 11.5. The Balaban J connectivity index is 1.10. The Labute approximate surface area is 371 Å². The molecule has 0 saturated heterocycles. The summed E-state index contributed by atoms with van der Waals surface area (Å²) in [5.74, 6) is 2.28. The number of carbonyl (C=O) groups is 2. The van der Waals surface area contributed by atoms with Crippen molar-refractivity contribution in [2.24, 2.45) is 33.5 Å². The predicted molar refractivity (Wildman–Crippen MR) is 243 cm³/mol. The van der Waals surface area contributed by atoms with Gasteiger partial charge >= 0.3 is 0 Å². The molecule has 0 heterocycles. The molecule has 8 unspecified atom stereocenters. The van der Waals surface area contributed by atoms with Crippen LogP contribution in [0.25, 0.3) is 11.1 Å². The van der Waals surface area contributed by atoms with E-state index in [0.717, 1.165) is 53.5 Å². The average Bonchev–Trinajstić information content (AvgIpc) is 3.58. The lowest BCUT2D eigenvalue weighted by molar-refractivity contribution is -0.178. The molecule has 0 aliphatic heterocycles. The van der Waals surface area contributed by atoms with Crippen LogP contribution in [0.1, 0.15) is 80.3 Å². The Bertz CT molecular complexity index is 2460. The summed E-state index contributed by atoms with van der Waals surface area (Å²) in [7, 11) is 6.38. The van der Waals surface area contributed by atoms with Crippen LogP contribution in [0.4, 0.5) is 0 Å². The molecule has 0 aromatic heterocycles. The second kappa shape index (κ2) is 16.0. The lowest BCUT2D eigenvalue weighted by Gasteiger charge is -2.71. The van der Waals surface area contributed by atoms with E-state index in [9.17, 15) is 15.0 Å². The zero-order chi connectivity index (χ0) is 44.4. The molecule has 10 rings (SSSR count). The Morgan fingerprint density at radius 2 is 1.40 bits per heavy atom. The molecule has 9 nitrogen and oxygen atoms in total. The van der Waals surface area contributed by atoms with Crippen molar-refractivity contribution in [2.45, 2.75) is 83.5 Å². The number of hydrogen-bond donors (Lipinski definition) is 2. The van der Waals surface area contributed by atoms with E-state index in [4.69, 9.17) is 18.9 Å². The van der Waals surface area contributed by atoms with Crippen LogP contribution in [-0.4, -0.2) is 73.5 Å². The molecule has 2 bridgehead atoms. The first-order valence-corrected chi connectivity index (χ1v) is 22.5. The van der Waals surface area contributed by atoms with Crippen molar-refractivity contribution in [1.82, 2.24) is 4.90 Å².